The number of nitrogens with zero attached hydrogens (tertiary/aromatic N) is 5. The van der Waals surface area contributed by atoms with E-state index in [9.17, 15) is 4.79 Å². The molecule has 1 fully saturated rings. The van der Waals surface area contributed by atoms with Crippen LogP contribution in [0.15, 0.2) is 30.5 Å². The average molecular weight is 495 g/mol. The Kier molecular flexibility index (Phi) is 6.49. The highest BCUT2D eigenvalue weighted by atomic mass is 32.1. The van der Waals surface area contributed by atoms with Crippen molar-refractivity contribution < 1.29 is 14.3 Å². The molecule has 1 amide bonds. The lowest BCUT2D eigenvalue weighted by Crippen LogP contribution is -2.44. The van der Waals surface area contributed by atoms with Gasteiger partial charge < -0.3 is 14.8 Å². The van der Waals surface area contributed by atoms with Gasteiger partial charge in [0.05, 0.1) is 43.8 Å². The number of benzene rings is 1. The van der Waals surface area contributed by atoms with Crippen molar-refractivity contribution in [3.63, 3.8) is 0 Å². The van der Waals surface area contributed by atoms with Gasteiger partial charge in [-0.1, -0.05) is 11.3 Å². The van der Waals surface area contributed by atoms with E-state index in [4.69, 9.17) is 14.5 Å². The van der Waals surface area contributed by atoms with Gasteiger partial charge in [-0.15, -0.1) is 16.4 Å². The van der Waals surface area contributed by atoms with Crippen LogP contribution >= 0.6 is 11.3 Å². The molecule has 184 valence electrons. The van der Waals surface area contributed by atoms with Crippen molar-refractivity contribution in [3.05, 3.63) is 57.3 Å². The fourth-order valence-corrected chi connectivity index (χ4v) is 6.25. The average Bonchev–Trinajstić information content (AvgIpc) is 3.58. The Balaban J connectivity index is 1.21. The predicted octanol–water partition coefficient (Wildman–Crippen LogP) is 2.60. The van der Waals surface area contributed by atoms with E-state index in [1.54, 1.807) is 6.07 Å². The number of fused-ring (bicyclic) bond motifs is 6. The van der Waals surface area contributed by atoms with Gasteiger partial charge in [0.1, 0.15) is 16.5 Å². The first kappa shape index (κ1) is 22.6. The van der Waals surface area contributed by atoms with Crippen molar-refractivity contribution in [1.82, 2.24) is 30.2 Å². The number of amides is 1. The van der Waals surface area contributed by atoms with Gasteiger partial charge in [-0.05, 0) is 43.9 Å². The Morgan fingerprint density at radius 2 is 2.11 bits per heavy atom. The third kappa shape index (κ3) is 5.24. The number of aromatic nitrogens is 4. The summed E-state index contributed by atoms with van der Waals surface area (Å²) in [6.07, 6.45) is 7.32. The van der Waals surface area contributed by atoms with Crippen LogP contribution in [0.25, 0.3) is 0 Å². The van der Waals surface area contributed by atoms with Gasteiger partial charge in [-0.2, -0.15) is 0 Å². The predicted molar refractivity (Wildman–Crippen MR) is 130 cm³/mol. The zero-order chi connectivity index (χ0) is 23.6. The van der Waals surface area contributed by atoms with Gasteiger partial charge in [-0.3, -0.25) is 14.4 Å². The minimum atomic E-state index is -0.147. The van der Waals surface area contributed by atoms with Crippen LogP contribution < -0.4 is 10.1 Å². The van der Waals surface area contributed by atoms with Gasteiger partial charge in [-0.25, -0.2) is 4.98 Å². The van der Waals surface area contributed by atoms with Crippen molar-refractivity contribution in [2.45, 2.75) is 63.9 Å². The van der Waals surface area contributed by atoms with E-state index in [-0.39, 0.29) is 18.1 Å². The lowest BCUT2D eigenvalue weighted by Gasteiger charge is -2.20. The number of thiazole rings is 1. The van der Waals surface area contributed by atoms with E-state index in [0.717, 1.165) is 43.1 Å². The molecule has 0 radical (unpaired) electrons. The van der Waals surface area contributed by atoms with Crippen LogP contribution in [0.3, 0.4) is 0 Å². The van der Waals surface area contributed by atoms with Crippen LogP contribution in [0.1, 0.15) is 50.9 Å². The molecule has 1 aromatic carbocycles. The summed E-state index contributed by atoms with van der Waals surface area (Å²) in [6.45, 7) is 3.84. The molecule has 2 atom stereocenters. The van der Waals surface area contributed by atoms with Gasteiger partial charge in [0.2, 0.25) is 0 Å². The maximum Gasteiger partial charge on any atom is 0.251 e. The summed E-state index contributed by atoms with van der Waals surface area (Å²) in [5.74, 6) is 0.580. The molecule has 2 aromatic heterocycles. The Labute approximate surface area is 208 Å². The monoisotopic (exact) mass is 494 g/mol. The molecule has 1 N–H and O–H groups in total. The Morgan fingerprint density at radius 1 is 1.17 bits per heavy atom. The summed E-state index contributed by atoms with van der Waals surface area (Å²) in [5, 5.41) is 12.8. The first-order valence-electron chi connectivity index (χ1n) is 12.4. The number of rotatable bonds is 2. The number of hydrogen-bond donors (Lipinski definition) is 1. The summed E-state index contributed by atoms with van der Waals surface area (Å²) < 4.78 is 14.0. The fraction of sp³-hybridized carbons (Fsp3) is 0.520. The zero-order valence-corrected chi connectivity index (χ0v) is 20.5. The number of hydrogen-bond acceptors (Lipinski definition) is 8. The minimum Gasteiger partial charge on any atom is -0.494 e. The molecule has 0 saturated carbocycles. The van der Waals surface area contributed by atoms with Crippen LogP contribution in [0.5, 0.6) is 5.75 Å². The highest BCUT2D eigenvalue weighted by Crippen LogP contribution is 2.28. The molecule has 2 aliphatic heterocycles. The third-order valence-electron chi connectivity index (χ3n) is 6.84. The first-order valence-corrected chi connectivity index (χ1v) is 13.3. The normalized spacial score (nSPS) is 23.3. The summed E-state index contributed by atoms with van der Waals surface area (Å²) >= 11 is 1.85. The van der Waals surface area contributed by atoms with Crippen molar-refractivity contribution in [2.75, 3.05) is 19.7 Å². The van der Waals surface area contributed by atoms with Crippen molar-refractivity contribution >= 4 is 17.2 Å². The lowest BCUT2D eigenvalue weighted by molar-refractivity contribution is 0.0293. The second-order valence-electron chi connectivity index (χ2n) is 9.51. The molecule has 4 bridgehead atoms. The Bertz CT molecular complexity index is 1170. The zero-order valence-electron chi connectivity index (χ0n) is 19.7. The van der Waals surface area contributed by atoms with E-state index in [2.05, 4.69) is 20.5 Å². The Hall–Kier alpha value is -2.82. The van der Waals surface area contributed by atoms with E-state index in [1.165, 1.54) is 23.4 Å². The maximum absolute atomic E-state index is 13.1. The van der Waals surface area contributed by atoms with Crippen molar-refractivity contribution in [1.29, 1.82) is 0 Å². The second-order valence-corrected chi connectivity index (χ2v) is 10.7. The molecule has 4 heterocycles. The second kappa shape index (κ2) is 10.0. The molecule has 3 aromatic rings. The highest BCUT2D eigenvalue weighted by Gasteiger charge is 2.35. The molecule has 1 aliphatic carbocycles. The van der Waals surface area contributed by atoms with Gasteiger partial charge in [0, 0.05) is 36.5 Å². The fourth-order valence-electron chi connectivity index (χ4n) is 5.05. The topological polar surface area (TPSA) is 94.4 Å². The van der Waals surface area contributed by atoms with E-state index >= 15 is 0 Å². The van der Waals surface area contributed by atoms with Crippen LogP contribution in [-0.4, -0.2) is 62.6 Å². The molecule has 10 heteroatoms. The van der Waals surface area contributed by atoms with Crippen LogP contribution in [-0.2, 0) is 37.3 Å². The quantitative estimate of drug-likeness (QED) is 0.585. The Morgan fingerprint density at radius 3 is 3.06 bits per heavy atom. The smallest absolute Gasteiger partial charge is 0.251 e. The van der Waals surface area contributed by atoms with Gasteiger partial charge in [0.15, 0.2) is 0 Å². The van der Waals surface area contributed by atoms with Crippen LogP contribution in [0.2, 0.25) is 0 Å². The number of carbonyl (C=O) groups is 1. The molecule has 6 rings (SSSR count). The molecular formula is C25H30N6O3S. The molecular weight excluding hydrogens is 464 g/mol. The van der Waals surface area contributed by atoms with Crippen LogP contribution in [0.4, 0.5) is 0 Å². The minimum absolute atomic E-state index is 0.112. The highest BCUT2D eigenvalue weighted by molar-refractivity contribution is 7.11. The third-order valence-corrected chi connectivity index (χ3v) is 7.98. The van der Waals surface area contributed by atoms with Crippen molar-refractivity contribution in [2.24, 2.45) is 0 Å². The maximum atomic E-state index is 13.1. The standard InChI is InChI=1S/C25H30N6O3S/c32-25-17-5-3-6-19(11-17)33-10-4-9-31-12-18(28-29-31)16-34-22-14-30(13-21(22)27-25)15-24-26-20-7-1-2-8-23(20)35-24/h3,5-6,11-12,21-22H,1-2,4,7-10,13-16H2,(H,27,32)/t21-,22-/m0/s1. The number of likely N-dealkylation sites (tertiary alicyclic amines) is 1. The number of carbonyl (C=O) groups excluding carboxylic acids is 1. The molecule has 0 spiro atoms. The SMILES string of the molecule is O=C1N[C@H]2CN(Cc3nc4c(s3)CCCC4)C[C@@H]2OCc2cn(nn2)CCCOc2cccc1c2. The van der Waals surface area contributed by atoms with Crippen molar-refractivity contribution in [3.8, 4) is 5.75 Å². The summed E-state index contributed by atoms with van der Waals surface area (Å²) in [4.78, 5) is 21.8. The molecule has 1 saturated heterocycles. The summed E-state index contributed by atoms with van der Waals surface area (Å²) in [6, 6.07) is 7.23. The number of ether oxygens (including phenoxy) is 2. The van der Waals surface area contributed by atoms with Crippen LogP contribution in [0, 0.1) is 0 Å². The van der Waals surface area contributed by atoms with Gasteiger partial charge >= 0.3 is 0 Å². The van der Waals surface area contributed by atoms with E-state index < -0.39 is 0 Å². The van der Waals surface area contributed by atoms with Gasteiger partial charge in [0.25, 0.3) is 5.91 Å². The molecule has 0 unspecified atom stereocenters. The molecule has 9 nitrogen and oxygen atoms in total. The molecule has 35 heavy (non-hydrogen) atoms. The van der Waals surface area contributed by atoms with E-state index in [0.29, 0.717) is 37.6 Å². The number of aryl methyl sites for hydroxylation is 3. The summed E-state index contributed by atoms with van der Waals surface area (Å²) in [7, 11) is 0. The first-order chi connectivity index (χ1) is 17.2. The molecule has 3 aliphatic rings. The number of nitrogens with one attached hydrogen (secondary N) is 1. The van der Waals surface area contributed by atoms with E-state index in [1.807, 2.05) is 40.4 Å². The summed E-state index contributed by atoms with van der Waals surface area (Å²) in [5.41, 5.74) is 2.67. The lowest BCUT2D eigenvalue weighted by atomic mass is 10.0. The largest absolute Gasteiger partial charge is 0.494 e.